The van der Waals surface area contributed by atoms with Crippen molar-refractivity contribution in [2.24, 2.45) is 0 Å². The maximum atomic E-state index is 12.4. The van der Waals surface area contributed by atoms with E-state index in [4.69, 9.17) is 16.3 Å². The van der Waals surface area contributed by atoms with Gasteiger partial charge in [-0.1, -0.05) is 48.0 Å². The van der Waals surface area contributed by atoms with Crippen molar-refractivity contribution in [3.63, 3.8) is 0 Å². The number of halogens is 1. The first-order valence-electron chi connectivity index (χ1n) is 7.57. The van der Waals surface area contributed by atoms with Crippen LogP contribution in [0.3, 0.4) is 0 Å². The van der Waals surface area contributed by atoms with E-state index in [0.29, 0.717) is 23.9 Å². The van der Waals surface area contributed by atoms with Crippen LogP contribution in [0.2, 0.25) is 5.02 Å². The molecule has 1 amide bonds. The number of thioether (sulfide) groups is 1. The molecule has 1 aliphatic rings. The molecule has 0 radical (unpaired) electrons. The highest BCUT2D eigenvalue weighted by Gasteiger charge is 2.34. The van der Waals surface area contributed by atoms with Gasteiger partial charge in [-0.3, -0.25) is 4.79 Å². The molecule has 1 fully saturated rings. The average molecular weight is 348 g/mol. The molecule has 1 heterocycles. The Kier molecular flexibility index (Phi) is 5.13. The lowest BCUT2D eigenvalue weighted by Crippen LogP contribution is -2.28. The number of nitrogens with zero attached hydrogens (tertiary/aromatic N) is 1. The van der Waals surface area contributed by atoms with Gasteiger partial charge in [0.25, 0.3) is 0 Å². The third kappa shape index (κ3) is 3.48. The number of para-hydroxylation sites is 1. The van der Waals surface area contributed by atoms with Crippen molar-refractivity contribution in [1.29, 1.82) is 0 Å². The zero-order chi connectivity index (χ0) is 16.2. The Morgan fingerprint density at radius 2 is 1.96 bits per heavy atom. The molecule has 120 valence electrons. The molecular formula is C18H18ClNO2S. The summed E-state index contributed by atoms with van der Waals surface area (Å²) >= 11 is 7.89. The fourth-order valence-electron chi connectivity index (χ4n) is 2.66. The smallest absolute Gasteiger partial charge is 0.234 e. The van der Waals surface area contributed by atoms with Crippen LogP contribution in [-0.2, 0) is 11.3 Å². The zero-order valence-electron chi connectivity index (χ0n) is 12.9. The van der Waals surface area contributed by atoms with Gasteiger partial charge in [-0.15, -0.1) is 11.8 Å². The quantitative estimate of drug-likeness (QED) is 0.796. The van der Waals surface area contributed by atoms with E-state index in [1.54, 1.807) is 11.8 Å². The first-order valence-corrected chi connectivity index (χ1v) is 8.99. The van der Waals surface area contributed by atoms with Gasteiger partial charge in [0.15, 0.2) is 0 Å². The van der Waals surface area contributed by atoms with Crippen molar-refractivity contribution in [3.8, 4) is 5.75 Å². The topological polar surface area (TPSA) is 29.5 Å². The summed E-state index contributed by atoms with van der Waals surface area (Å²) in [7, 11) is 0. The van der Waals surface area contributed by atoms with E-state index in [1.165, 1.54) is 0 Å². The standard InChI is InChI=1S/C18H18ClNO2S/c1-2-22-16-10-6-4-8-14(16)18-20(17(21)12-23-18)11-13-7-3-5-9-15(13)19/h3-10,18H,2,11-12H2,1H3. The van der Waals surface area contributed by atoms with E-state index in [2.05, 4.69) is 0 Å². The Morgan fingerprint density at radius 1 is 1.22 bits per heavy atom. The lowest BCUT2D eigenvalue weighted by Gasteiger charge is -2.26. The predicted molar refractivity (Wildman–Crippen MR) is 94.8 cm³/mol. The molecule has 1 unspecified atom stereocenters. The minimum Gasteiger partial charge on any atom is -0.493 e. The Labute approximate surface area is 145 Å². The largest absolute Gasteiger partial charge is 0.493 e. The van der Waals surface area contributed by atoms with Crippen LogP contribution >= 0.6 is 23.4 Å². The number of carbonyl (C=O) groups is 1. The van der Waals surface area contributed by atoms with Crippen molar-refractivity contribution in [2.45, 2.75) is 18.8 Å². The SMILES string of the molecule is CCOc1ccccc1C1SCC(=O)N1Cc1ccccc1Cl. The molecule has 1 saturated heterocycles. The highest BCUT2D eigenvalue weighted by molar-refractivity contribution is 8.00. The van der Waals surface area contributed by atoms with Crippen LogP contribution in [0.1, 0.15) is 23.4 Å². The molecule has 5 heteroatoms. The summed E-state index contributed by atoms with van der Waals surface area (Å²) in [5.41, 5.74) is 2.00. The maximum absolute atomic E-state index is 12.4. The van der Waals surface area contributed by atoms with E-state index in [1.807, 2.05) is 60.4 Å². The summed E-state index contributed by atoms with van der Waals surface area (Å²) in [5.74, 6) is 1.45. The van der Waals surface area contributed by atoms with Crippen LogP contribution in [-0.4, -0.2) is 23.2 Å². The second-order valence-electron chi connectivity index (χ2n) is 5.25. The number of hydrogen-bond acceptors (Lipinski definition) is 3. The number of hydrogen-bond donors (Lipinski definition) is 0. The van der Waals surface area contributed by atoms with Crippen molar-refractivity contribution in [3.05, 3.63) is 64.7 Å². The number of ether oxygens (including phenoxy) is 1. The second-order valence-corrected chi connectivity index (χ2v) is 6.72. The molecule has 0 saturated carbocycles. The molecule has 1 aliphatic heterocycles. The molecular weight excluding hydrogens is 330 g/mol. The number of carbonyl (C=O) groups excluding carboxylic acids is 1. The van der Waals surface area contributed by atoms with Gasteiger partial charge in [0.1, 0.15) is 11.1 Å². The summed E-state index contributed by atoms with van der Waals surface area (Å²) in [6, 6.07) is 15.6. The van der Waals surface area contributed by atoms with Crippen molar-refractivity contribution < 1.29 is 9.53 Å². The van der Waals surface area contributed by atoms with E-state index in [-0.39, 0.29) is 11.3 Å². The molecule has 1 atom stereocenters. The Bertz CT molecular complexity index is 707. The van der Waals surface area contributed by atoms with Crippen LogP contribution < -0.4 is 4.74 Å². The van der Waals surface area contributed by atoms with Crippen LogP contribution in [0, 0.1) is 0 Å². The Balaban J connectivity index is 1.90. The summed E-state index contributed by atoms with van der Waals surface area (Å²) in [6.07, 6.45) is 0. The van der Waals surface area contributed by atoms with E-state index >= 15 is 0 Å². The van der Waals surface area contributed by atoms with Crippen LogP contribution in [0.15, 0.2) is 48.5 Å². The van der Waals surface area contributed by atoms with Crippen LogP contribution in [0.25, 0.3) is 0 Å². The monoisotopic (exact) mass is 347 g/mol. The summed E-state index contributed by atoms with van der Waals surface area (Å²) in [6.45, 7) is 3.08. The molecule has 0 aromatic heterocycles. The third-order valence-corrected chi connectivity index (χ3v) is 5.36. The molecule has 0 N–H and O–H groups in total. The highest BCUT2D eigenvalue weighted by atomic mass is 35.5. The molecule has 2 aromatic rings. The van der Waals surface area contributed by atoms with Crippen molar-refractivity contribution >= 4 is 29.3 Å². The van der Waals surface area contributed by atoms with Gasteiger partial charge in [-0.05, 0) is 24.6 Å². The molecule has 0 spiro atoms. The van der Waals surface area contributed by atoms with Gasteiger partial charge in [0.2, 0.25) is 5.91 Å². The van der Waals surface area contributed by atoms with Gasteiger partial charge in [-0.2, -0.15) is 0 Å². The van der Waals surface area contributed by atoms with Crippen molar-refractivity contribution in [2.75, 3.05) is 12.4 Å². The van der Waals surface area contributed by atoms with Crippen LogP contribution in [0.5, 0.6) is 5.75 Å². The lowest BCUT2D eigenvalue weighted by atomic mass is 10.1. The molecule has 3 nitrogen and oxygen atoms in total. The van der Waals surface area contributed by atoms with E-state index < -0.39 is 0 Å². The number of amides is 1. The molecule has 2 aromatic carbocycles. The van der Waals surface area contributed by atoms with Gasteiger partial charge < -0.3 is 9.64 Å². The van der Waals surface area contributed by atoms with Crippen LogP contribution in [0.4, 0.5) is 0 Å². The molecule has 0 aliphatic carbocycles. The Morgan fingerprint density at radius 3 is 2.74 bits per heavy atom. The molecule has 0 bridgehead atoms. The molecule has 23 heavy (non-hydrogen) atoms. The fraction of sp³-hybridized carbons (Fsp3) is 0.278. The van der Waals surface area contributed by atoms with Gasteiger partial charge in [0.05, 0.1) is 12.4 Å². The average Bonchev–Trinajstić information content (AvgIpc) is 2.91. The van der Waals surface area contributed by atoms with Crippen molar-refractivity contribution in [1.82, 2.24) is 4.90 Å². The minimum atomic E-state index is -0.0403. The normalized spacial score (nSPS) is 17.6. The van der Waals surface area contributed by atoms with Gasteiger partial charge in [-0.25, -0.2) is 0 Å². The predicted octanol–water partition coefficient (Wildman–Crippen LogP) is 4.51. The molecule has 3 rings (SSSR count). The van der Waals surface area contributed by atoms with E-state index in [0.717, 1.165) is 16.9 Å². The Hall–Kier alpha value is -1.65. The lowest BCUT2D eigenvalue weighted by molar-refractivity contribution is -0.128. The summed E-state index contributed by atoms with van der Waals surface area (Å²) in [5, 5.41) is 0.649. The van der Waals surface area contributed by atoms with E-state index in [9.17, 15) is 4.79 Å². The first kappa shape index (κ1) is 16.2. The number of benzene rings is 2. The maximum Gasteiger partial charge on any atom is 0.234 e. The highest BCUT2D eigenvalue weighted by Crippen LogP contribution is 2.43. The summed E-state index contributed by atoms with van der Waals surface area (Å²) in [4.78, 5) is 14.2. The second kappa shape index (κ2) is 7.28. The zero-order valence-corrected chi connectivity index (χ0v) is 14.4. The third-order valence-electron chi connectivity index (χ3n) is 3.75. The fourth-order valence-corrected chi connectivity index (χ4v) is 4.07. The first-order chi connectivity index (χ1) is 11.2. The minimum absolute atomic E-state index is 0.0403. The summed E-state index contributed by atoms with van der Waals surface area (Å²) < 4.78 is 5.73. The number of rotatable bonds is 5. The van der Waals surface area contributed by atoms with Gasteiger partial charge >= 0.3 is 0 Å². The van der Waals surface area contributed by atoms with Gasteiger partial charge in [0, 0.05) is 17.1 Å².